The number of aliphatic hydroxyl groups excluding tert-OH is 1. The molecule has 148 valence electrons. The second kappa shape index (κ2) is 6.33. The van der Waals surface area contributed by atoms with Gasteiger partial charge in [-0.05, 0) is 85.5 Å². The minimum atomic E-state index is -4.27. The van der Waals surface area contributed by atoms with Gasteiger partial charge in [-0.25, -0.2) is 0 Å². The number of anilines is 1. The summed E-state index contributed by atoms with van der Waals surface area (Å²) in [5.41, 5.74) is 3.09. The molecule has 27 heavy (non-hydrogen) atoms. The standard InChI is InChI=1S/C21H29NO4S/c1-3-8-21-10-9-20(2)13-16(23)12-19(20)18(21)6-4-14-11-15(5-7-17(14)21)22-27(24,25)26/h3,5,7,11,16,18-19,22-23H,1,4,6,8-10,12-13H2,2H3,(H,24,25,26)/t16-,18?,19?,20-,21-/m1/s1. The van der Waals surface area contributed by atoms with E-state index in [1.165, 1.54) is 5.56 Å². The van der Waals surface area contributed by atoms with Crippen LogP contribution in [-0.2, 0) is 22.1 Å². The maximum Gasteiger partial charge on any atom is 0.357 e. The number of allylic oxidation sites excluding steroid dienone is 1. The van der Waals surface area contributed by atoms with Crippen LogP contribution in [0.25, 0.3) is 0 Å². The summed E-state index contributed by atoms with van der Waals surface area (Å²) in [6.45, 7) is 6.37. The van der Waals surface area contributed by atoms with E-state index in [4.69, 9.17) is 4.55 Å². The van der Waals surface area contributed by atoms with Crippen LogP contribution in [0, 0.1) is 17.3 Å². The largest absolute Gasteiger partial charge is 0.393 e. The summed E-state index contributed by atoms with van der Waals surface area (Å²) in [7, 11) is -4.27. The highest BCUT2D eigenvalue weighted by Crippen LogP contribution is 2.64. The van der Waals surface area contributed by atoms with Crippen LogP contribution in [-0.4, -0.2) is 24.2 Å². The number of hydrogen-bond donors (Lipinski definition) is 3. The molecule has 0 heterocycles. The molecule has 1 aromatic carbocycles. The highest BCUT2D eigenvalue weighted by atomic mass is 32.2. The Morgan fingerprint density at radius 1 is 1.33 bits per heavy atom. The van der Waals surface area contributed by atoms with Gasteiger partial charge in [-0.1, -0.05) is 19.1 Å². The monoisotopic (exact) mass is 391 g/mol. The molecule has 3 aliphatic carbocycles. The van der Waals surface area contributed by atoms with Crippen molar-refractivity contribution < 1.29 is 18.1 Å². The van der Waals surface area contributed by atoms with E-state index in [2.05, 4.69) is 18.2 Å². The molecule has 2 fully saturated rings. The molecule has 3 aliphatic rings. The lowest BCUT2D eigenvalue weighted by molar-refractivity contribution is 0.00650. The van der Waals surface area contributed by atoms with Crippen molar-refractivity contribution in [2.24, 2.45) is 17.3 Å². The van der Waals surface area contributed by atoms with E-state index in [0.29, 0.717) is 17.5 Å². The Balaban J connectivity index is 1.76. The van der Waals surface area contributed by atoms with Crippen LogP contribution in [0.1, 0.15) is 56.6 Å². The van der Waals surface area contributed by atoms with Crippen LogP contribution in [0.2, 0.25) is 0 Å². The molecule has 1 aromatic rings. The van der Waals surface area contributed by atoms with Gasteiger partial charge in [-0.2, -0.15) is 8.42 Å². The molecule has 0 saturated heterocycles. The van der Waals surface area contributed by atoms with Crippen molar-refractivity contribution in [2.75, 3.05) is 4.72 Å². The van der Waals surface area contributed by atoms with Gasteiger partial charge in [0.25, 0.3) is 0 Å². The van der Waals surface area contributed by atoms with Gasteiger partial charge in [-0.15, -0.1) is 6.58 Å². The summed E-state index contributed by atoms with van der Waals surface area (Å²) in [4.78, 5) is 0. The topological polar surface area (TPSA) is 86.6 Å². The summed E-state index contributed by atoms with van der Waals surface area (Å²) < 4.78 is 33.6. The molecule has 5 nitrogen and oxygen atoms in total. The highest BCUT2D eigenvalue weighted by Gasteiger charge is 2.58. The summed E-state index contributed by atoms with van der Waals surface area (Å²) >= 11 is 0. The first kappa shape index (κ1) is 19.0. The first-order valence-corrected chi connectivity index (χ1v) is 11.3. The third kappa shape index (κ3) is 3.12. The van der Waals surface area contributed by atoms with E-state index in [1.54, 1.807) is 6.07 Å². The average Bonchev–Trinajstić information content (AvgIpc) is 2.87. The van der Waals surface area contributed by atoms with E-state index in [0.717, 1.165) is 50.5 Å². The zero-order valence-electron chi connectivity index (χ0n) is 15.8. The second-order valence-electron chi connectivity index (χ2n) is 9.10. The molecule has 0 amide bonds. The third-order valence-electron chi connectivity index (χ3n) is 7.58. The molecule has 2 unspecified atom stereocenters. The Hall–Kier alpha value is -1.37. The molecule has 3 N–H and O–H groups in total. The van der Waals surface area contributed by atoms with Gasteiger partial charge in [0.05, 0.1) is 11.8 Å². The van der Waals surface area contributed by atoms with Gasteiger partial charge in [-0.3, -0.25) is 9.27 Å². The van der Waals surface area contributed by atoms with Gasteiger partial charge in [0.2, 0.25) is 0 Å². The van der Waals surface area contributed by atoms with E-state index >= 15 is 0 Å². The van der Waals surface area contributed by atoms with Crippen molar-refractivity contribution in [1.29, 1.82) is 0 Å². The Kier molecular flexibility index (Phi) is 4.44. The van der Waals surface area contributed by atoms with Crippen molar-refractivity contribution in [1.82, 2.24) is 0 Å². The molecule has 2 saturated carbocycles. The molecule has 0 aromatic heterocycles. The normalized spacial score (nSPS) is 37.8. The second-order valence-corrected chi connectivity index (χ2v) is 10.3. The Labute approximate surface area is 161 Å². The summed E-state index contributed by atoms with van der Waals surface area (Å²) in [6.07, 6.45) is 8.62. The fourth-order valence-corrected chi connectivity index (χ4v) is 7.03. The molecule has 0 aliphatic heterocycles. The summed E-state index contributed by atoms with van der Waals surface area (Å²) in [6, 6.07) is 5.64. The Morgan fingerprint density at radius 2 is 2.11 bits per heavy atom. The lowest BCUT2D eigenvalue weighted by Gasteiger charge is -2.56. The molecule has 5 atom stereocenters. The van der Waals surface area contributed by atoms with Crippen molar-refractivity contribution in [3.63, 3.8) is 0 Å². The van der Waals surface area contributed by atoms with Crippen molar-refractivity contribution in [3.05, 3.63) is 42.0 Å². The van der Waals surface area contributed by atoms with E-state index in [9.17, 15) is 13.5 Å². The lowest BCUT2D eigenvalue weighted by Crippen LogP contribution is -2.50. The predicted molar refractivity (Wildman–Crippen MR) is 106 cm³/mol. The number of hydrogen-bond acceptors (Lipinski definition) is 3. The SMILES string of the molecule is C=CC[C@]12CC[C@]3(C)C[C@H](O)CC3C1CCc1cc(NS(=O)(=O)O)ccc12. The molecular formula is C21H29NO4S. The quantitative estimate of drug-likeness (QED) is 0.537. The minimum Gasteiger partial charge on any atom is -0.393 e. The van der Waals surface area contributed by atoms with Crippen LogP contribution in [0.5, 0.6) is 0 Å². The van der Waals surface area contributed by atoms with E-state index < -0.39 is 10.3 Å². The maximum absolute atomic E-state index is 11.2. The molecular weight excluding hydrogens is 362 g/mol. The molecule has 0 radical (unpaired) electrons. The molecule has 4 rings (SSSR count). The van der Waals surface area contributed by atoms with Crippen LogP contribution in [0.15, 0.2) is 30.9 Å². The summed E-state index contributed by atoms with van der Waals surface area (Å²) in [5, 5.41) is 10.4. The molecule has 6 heteroatoms. The molecule has 0 spiro atoms. The third-order valence-corrected chi connectivity index (χ3v) is 8.08. The average molecular weight is 392 g/mol. The number of benzene rings is 1. The number of aryl methyl sites for hydroxylation is 1. The first-order chi connectivity index (χ1) is 12.7. The zero-order valence-corrected chi connectivity index (χ0v) is 16.6. The number of nitrogens with one attached hydrogen (secondary N) is 1. The fraction of sp³-hybridized carbons (Fsp3) is 0.619. The van der Waals surface area contributed by atoms with Crippen molar-refractivity contribution >= 4 is 16.0 Å². The van der Waals surface area contributed by atoms with Crippen LogP contribution in [0.4, 0.5) is 5.69 Å². The van der Waals surface area contributed by atoms with Gasteiger partial charge in [0.15, 0.2) is 0 Å². The van der Waals surface area contributed by atoms with Crippen molar-refractivity contribution in [3.8, 4) is 0 Å². The van der Waals surface area contributed by atoms with E-state index in [-0.39, 0.29) is 16.9 Å². The van der Waals surface area contributed by atoms with Crippen LogP contribution in [0.3, 0.4) is 0 Å². The van der Waals surface area contributed by atoms with Gasteiger partial charge < -0.3 is 5.11 Å². The molecule has 0 bridgehead atoms. The van der Waals surface area contributed by atoms with Gasteiger partial charge >= 0.3 is 10.3 Å². The number of rotatable bonds is 4. The van der Waals surface area contributed by atoms with Crippen LogP contribution >= 0.6 is 0 Å². The number of aliphatic hydroxyl groups is 1. The number of fused-ring (bicyclic) bond motifs is 5. The first-order valence-electron chi connectivity index (χ1n) is 9.84. The fourth-order valence-electron chi connectivity index (χ4n) is 6.61. The van der Waals surface area contributed by atoms with Crippen molar-refractivity contribution in [2.45, 2.75) is 63.4 Å². The lowest BCUT2D eigenvalue weighted by atomic mass is 9.48. The Bertz CT molecular complexity index is 867. The Morgan fingerprint density at radius 3 is 2.81 bits per heavy atom. The van der Waals surface area contributed by atoms with Gasteiger partial charge in [0.1, 0.15) is 0 Å². The summed E-state index contributed by atoms with van der Waals surface area (Å²) in [5.74, 6) is 1.03. The highest BCUT2D eigenvalue weighted by molar-refractivity contribution is 7.87. The van der Waals surface area contributed by atoms with Gasteiger partial charge in [0, 0.05) is 5.41 Å². The smallest absolute Gasteiger partial charge is 0.357 e. The van der Waals surface area contributed by atoms with E-state index in [1.807, 2.05) is 18.2 Å². The minimum absolute atomic E-state index is 0.0141. The zero-order chi connectivity index (χ0) is 19.4. The predicted octanol–water partition coefficient (Wildman–Crippen LogP) is 3.85. The van der Waals surface area contributed by atoms with Crippen LogP contribution < -0.4 is 4.72 Å². The maximum atomic E-state index is 11.2.